The Hall–Kier alpha value is -3.77. The first-order valence-electron chi connectivity index (χ1n) is 12.9. The second-order valence-corrected chi connectivity index (χ2v) is 10.6. The number of carbonyl (C=O) groups is 1. The SMILES string of the molecule is O=C(Nc1ccc([C@H]2O[C@@H](CSc3ccccc3)C[C@@H](c3ccc(CO)cc3)O2)cc1)c1c(F)c(F)c(F)c(F)c1F. The van der Waals surface area contributed by atoms with Gasteiger partial charge in [-0.2, -0.15) is 0 Å². The molecule has 0 aromatic heterocycles. The van der Waals surface area contributed by atoms with Crippen molar-refractivity contribution in [1.29, 1.82) is 0 Å². The van der Waals surface area contributed by atoms with Gasteiger partial charge in [0.15, 0.2) is 29.6 Å². The molecule has 1 heterocycles. The highest BCUT2D eigenvalue weighted by molar-refractivity contribution is 7.99. The Bertz CT molecular complexity index is 1530. The first-order chi connectivity index (χ1) is 20.2. The highest BCUT2D eigenvalue weighted by Crippen LogP contribution is 2.39. The fourth-order valence-corrected chi connectivity index (χ4v) is 5.39. The third kappa shape index (κ3) is 6.49. The number of nitrogens with one attached hydrogen (secondary N) is 1. The zero-order valence-electron chi connectivity index (χ0n) is 21.8. The summed E-state index contributed by atoms with van der Waals surface area (Å²) in [6, 6.07) is 23.2. The molecule has 11 heteroatoms. The van der Waals surface area contributed by atoms with Crippen LogP contribution in [0.4, 0.5) is 27.6 Å². The van der Waals surface area contributed by atoms with Crippen LogP contribution < -0.4 is 5.32 Å². The zero-order valence-corrected chi connectivity index (χ0v) is 22.6. The Morgan fingerprint density at radius 2 is 1.38 bits per heavy atom. The summed E-state index contributed by atoms with van der Waals surface area (Å²) in [6.45, 7) is -0.0823. The van der Waals surface area contributed by atoms with E-state index in [-0.39, 0.29) is 24.5 Å². The summed E-state index contributed by atoms with van der Waals surface area (Å²) in [6.07, 6.45) is -0.760. The molecule has 5 nitrogen and oxygen atoms in total. The van der Waals surface area contributed by atoms with Crippen molar-refractivity contribution in [2.24, 2.45) is 0 Å². The fourth-order valence-electron chi connectivity index (χ4n) is 4.45. The van der Waals surface area contributed by atoms with Crippen molar-refractivity contribution in [3.05, 3.63) is 130 Å². The van der Waals surface area contributed by atoms with Gasteiger partial charge in [-0.15, -0.1) is 11.8 Å². The molecule has 3 atom stereocenters. The van der Waals surface area contributed by atoms with Gasteiger partial charge in [0.2, 0.25) is 5.82 Å². The van der Waals surface area contributed by atoms with Crippen molar-refractivity contribution in [3.63, 3.8) is 0 Å². The number of hydrogen-bond donors (Lipinski definition) is 2. The molecule has 1 fully saturated rings. The molecular weight excluding hydrogens is 577 g/mol. The van der Waals surface area contributed by atoms with Gasteiger partial charge in [-0.05, 0) is 35.4 Å². The van der Waals surface area contributed by atoms with Crippen LogP contribution in [0.1, 0.15) is 45.9 Å². The van der Waals surface area contributed by atoms with Gasteiger partial charge in [0.05, 0.1) is 18.8 Å². The van der Waals surface area contributed by atoms with Crippen LogP contribution in [0.3, 0.4) is 0 Å². The molecule has 1 aliphatic rings. The Kier molecular flexibility index (Phi) is 9.22. The molecule has 218 valence electrons. The van der Waals surface area contributed by atoms with Gasteiger partial charge < -0.3 is 19.9 Å². The van der Waals surface area contributed by atoms with Gasteiger partial charge >= 0.3 is 0 Å². The number of aliphatic hydroxyl groups excluding tert-OH is 1. The molecule has 0 aliphatic carbocycles. The van der Waals surface area contributed by atoms with E-state index in [1.807, 2.05) is 54.6 Å². The largest absolute Gasteiger partial charge is 0.392 e. The van der Waals surface area contributed by atoms with Gasteiger partial charge in [-0.25, -0.2) is 22.0 Å². The number of amides is 1. The van der Waals surface area contributed by atoms with Crippen molar-refractivity contribution < 1.29 is 41.3 Å². The predicted octanol–water partition coefficient (Wildman–Crippen LogP) is 7.46. The molecule has 42 heavy (non-hydrogen) atoms. The third-order valence-electron chi connectivity index (χ3n) is 6.67. The van der Waals surface area contributed by atoms with E-state index in [1.165, 1.54) is 12.1 Å². The molecule has 0 spiro atoms. The van der Waals surface area contributed by atoms with E-state index in [1.54, 1.807) is 23.9 Å². The molecule has 0 saturated carbocycles. The summed E-state index contributed by atoms with van der Waals surface area (Å²) in [5.41, 5.74) is 0.721. The van der Waals surface area contributed by atoms with Crippen LogP contribution in [0, 0.1) is 29.1 Å². The second kappa shape index (κ2) is 13.0. The van der Waals surface area contributed by atoms with E-state index < -0.39 is 46.8 Å². The third-order valence-corrected chi connectivity index (χ3v) is 7.82. The number of aliphatic hydroxyl groups is 1. The smallest absolute Gasteiger partial charge is 0.261 e. The minimum absolute atomic E-state index is 0.0517. The minimum atomic E-state index is -2.35. The number of anilines is 1. The lowest BCUT2D eigenvalue weighted by Crippen LogP contribution is -2.31. The van der Waals surface area contributed by atoms with E-state index in [0.717, 1.165) is 16.0 Å². The molecule has 1 amide bonds. The van der Waals surface area contributed by atoms with E-state index >= 15 is 0 Å². The number of benzene rings is 4. The van der Waals surface area contributed by atoms with Crippen LogP contribution in [-0.2, 0) is 16.1 Å². The Morgan fingerprint density at radius 1 is 0.786 bits per heavy atom. The molecule has 0 unspecified atom stereocenters. The first-order valence-corrected chi connectivity index (χ1v) is 13.8. The van der Waals surface area contributed by atoms with E-state index in [0.29, 0.717) is 17.7 Å². The Morgan fingerprint density at radius 3 is 2.00 bits per heavy atom. The molecule has 1 saturated heterocycles. The molecule has 4 aromatic rings. The van der Waals surface area contributed by atoms with Crippen LogP contribution in [-0.4, -0.2) is 22.9 Å². The van der Waals surface area contributed by atoms with Crippen molar-refractivity contribution in [3.8, 4) is 0 Å². The van der Waals surface area contributed by atoms with Crippen molar-refractivity contribution in [1.82, 2.24) is 0 Å². The predicted molar refractivity (Wildman–Crippen MR) is 146 cm³/mol. The lowest BCUT2D eigenvalue weighted by atomic mass is 10.0. The van der Waals surface area contributed by atoms with Crippen LogP contribution >= 0.6 is 11.8 Å². The Balaban J connectivity index is 1.33. The molecule has 2 N–H and O–H groups in total. The summed E-state index contributed by atoms with van der Waals surface area (Å²) >= 11 is 1.64. The Labute approximate surface area is 242 Å². The standard InChI is InChI=1S/C31H24F5NO4S/c32-25-24(26(33)28(35)29(36)27(25)34)30(39)37-20-12-10-19(11-13-20)31-40-21(16-42-22-4-2-1-3-5-22)14-23(41-31)18-8-6-17(15-38)7-9-18/h1-13,21,23,31,38H,14-16H2,(H,37,39)/t21-,23+,31+/m1/s1. The van der Waals surface area contributed by atoms with Crippen molar-refractivity contribution in [2.75, 3.05) is 11.1 Å². The summed E-state index contributed by atoms with van der Waals surface area (Å²) in [5, 5.41) is 11.5. The van der Waals surface area contributed by atoms with Gasteiger partial charge in [0, 0.05) is 28.3 Å². The quantitative estimate of drug-likeness (QED) is 0.0950. The van der Waals surface area contributed by atoms with E-state index in [4.69, 9.17) is 9.47 Å². The summed E-state index contributed by atoms with van der Waals surface area (Å²) in [7, 11) is 0. The molecule has 5 rings (SSSR count). The number of rotatable bonds is 8. The number of thioether (sulfide) groups is 1. The van der Waals surface area contributed by atoms with Gasteiger partial charge in [0.25, 0.3) is 5.91 Å². The highest BCUT2D eigenvalue weighted by atomic mass is 32.2. The lowest BCUT2D eigenvalue weighted by Gasteiger charge is -2.36. The van der Waals surface area contributed by atoms with Crippen LogP contribution in [0.15, 0.2) is 83.8 Å². The maximum Gasteiger partial charge on any atom is 0.261 e. The maximum atomic E-state index is 14.1. The van der Waals surface area contributed by atoms with E-state index in [2.05, 4.69) is 5.32 Å². The minimum Gasteiger partial charge on any atom is -0.392 e. The number of halogens is 5. The molecule has 0 bridgehead atoms. The second-order valence-electron chi connectivity index (χ2n) is 9.50. The zero-order chi connectivity index (χ0) is 29.8. The lowest BCUT2D eigenvalue weighted by molar-refractivity contribution is -0.245. The van der Waals surface area contributed by atoms with Gasteiger partial charge in [-0.1, -0.05) is 54.6 Å². The summed E-state index contributed by atoms with van der Waals surface area (Å²) in [4.78, 5) is 13.5. The average Bonchev–Trinajstić information content (AvgIpc) is 3.02. The van der Waals surface area contributed by atoms with Crippen molar-refractivity contribution >= 4 is 23.4 Å². The van der Waals surface area contributed by atoms with Gasteiger partial charge in [0.1, 0.15) is 5.56 Å². The number of hydrogen-bond acceptors (Lipinski definition) is 5. The topological polar surface area (TPSA) is 67.8 Å². The van der Waals surface area contributed by atoms with Crippen LogP contribution in [0.25, 0.3) is 0 Å². The average molecular weight is 602 g/mol. The maximum absolute atomic E-state index is 14.1. The number of carbonyl (C=O) groups excluding carboxylic acids is 1. The highest BCUT2D eigenvalue weighted by Gasteiger charge is 2.33. The van der Waals surface area contributed by atoms with Crippen molar-refractivity contribution in [2.45, 2.75) is 36.4 Å². The fraction of sp³-hybridized carbons (Fsp3) is 0.194. The molecule has 4 aromatic carbocycles. The monoisotopic (exact) mass is 601 g/mol. The number of ether oxygens (including phenoxy) is 2. The van der Waals surface area contributed by atoms with Gasteiger partial charge in [-0.3, -0.25) is 4.79 Å². The first kappa shape index (κ1) is 29.7. The normalized spacial score (nSPS) is 18.6. The molecule has 1 aliphatic heterocycles. The van der Waals surface area contributed by atoms with Crippen LogP contribution in [0.2, 0.25) is 0 Å². The van der Waals surface area contributed by atoms with E-state index in [9.17, 15) is 31.9 Å². The van der Waals surface area contributed by atoms with Crippen LogP contribution in [0.5, 0.6) is 0 Å². The summed E-state index contributed by atoms with van der Waals surface area (Å²) in [5.74, 6) is -12.1. The summed E-state index contributed by atoms with van der Waals surface area (Å²) < 4.78 is 81.1. The molecular formula is C31H24F5NO4S. The molecule has 0 radical (unpaired) electrons.